The molecule has 7 heteroatoms. The van der Waals surface area contributed by atoms with Crippen molar-refractivity contribution >= 4 is 18.4 Å². The number of nitrogens with zero attached hydrogens (tertiary/aromatic N) is 3. The first kappa shape index (κ1) is 14.3. The number of aryl methyl sites for hydroxylation is 1. The van der Waals surface area contributed by atoms with Gasteiger partial charge in [-0.3, -0.25) is 5.10 Å². The molecular formula is C13H16N4O2S. The predicted octanol–water partition coefficient (Wildman–Crippen LogP) is 2.49. The highest BCUT2D eigenvalue weighted by Crippen LogP contribution is 2.28. The van der Waals surface area contributed by atoms with E-state index in [1.54, 1.807) is 18.2 Å². The summed E-state index contributed by atoms with van der Waals surface area (Å²) in [6.45, 7) is 4.31. The van der Waals surface area contributed by atoms with Crippen LogP contribution in [0, 0.1) is 4.77 Å². The Balaban J connectivity index is 2.34. The van der Waals surface area contributed by atoms with Crippen molar-refractivity contribution in [1.29, 1.82) is 0 Å². The topological polar surface area (TPSA) is 75.4 Å². The molecular weight excluding hydrogens is 276 g/mol. The first-order chi connectivity index (χ1) is 9.67. The summed E-state index contributed by atoms with van der Waals surface area (Å²) in [5, 5.41) is 21.1. The highest BCUT2D eigenvalue weighted by molar-refractivity contribution is 7.71. The van der Waals surface area contributed by atoms with Gasteiger partial charge in [0.15, 0.2) is 17.3 Å². The number of aromatic hydroxyl groups is 1. The number of phenols is 1. The van der Waals surface area contributed by atoms with Crippen molar-refractivity contribution in [3.05, 3.63) is 34.4 Å². The van der Waals surface area contributed by atoms with Gasteiger partial charge in [-0.2, -0.15) is 14.9 Å². The first-order valence-electron chi connectivity index (χ1n) is 6.32. The van der Waals surface area contributed by atoms with Crippen LogP contribution in [0.5, 0.6) is 11.5 Å². The molecule has 0 radical (unpaired) electrons. The van der Waals surface area contributed by atoms with E-state index in [4.69, 9.17) is 17.0 Å². The van der Waals surface area contributed by atoms with E-state index in [0.717, 1.165) is 5.82 Å². The third-order valence-corrected chi connectivity index (χ3v) is 2.94. The number of rotatable bonds is 5. The van der Waals surface area contributed by atoms with E-state index in [0.29, 0.717) is 29.1 Å². The Morgan fingerprint density at radius 3 is 3.00 bits per heavy atom. The third kappa shape index (κ3) is 2.88. The smallest absolute Gasteiger partial charge is 0.216 e. The van der Waals surface area contributed by atoms with E-state index in [9.17, 15) is 5.11 Å². The molecule has 0 saturated carbocycles. The molecule has 2 rings (SSSR count). The van der Waals surface area contributed by atoms with Gasteiger partial charge in [0.2, 0.25) is 4.77 Å². The number of aromatic nitrogens is 3. The van der Waals surface area contributed by atoms with E-state index in [1.165, 1.54) is 10.9 Å². The molecule has 1 heterocycles. The maximum Gasteiger partial charge on any atom is 0.216 e. The van der Waals surface area contributed by atoms with Gasteiger partial charge in [-0.05, 0) is 31.3 Å². The Morgan fingerprint density at radius 2 is 2.30 bits per heavy atom. The van der Waals surface area contributed by atoms with Crippen molar-refractivity contribution in [3.8, 4) is 11.5 Å². The lowest BCUT2D eigenvalue weighted by Crippen LogP contribution is -1.98. The number of para-hydroxylation sites is 1. The summed E-state index contributed by atoms with van der Waals surface area (Å²) in [5.74, 6) is 1.22. The zero-order valence-electron chi connectivity index (χ0n) is 11.3. The fourth-order valence-corrected chi connectivity index (χ4v) is 1.91. The van der Waals surface area contributed by atoms with Crippen LogP contribution in [0.2, 0.25) is 0 Å². The number of nitrogens with one attached hydrogen (secondary N) is 1. The zero-order chi connectivity index (χ0) is 14.5. The molecule has 0 fully saturated rings. The van der Waals surface area contributed by atoms with Crippen molar-refractivity contribution in [1.82, 2.24) is 14.9 Å². The highest BCUT2D eigenvalue weighted by atomic mass is 32.1. The van der Waals surface area contributed by atoms with E-state index in [1.807, 2.05) is 13.8 Å². The van der Waals surface area contributed by atoms with E-state index in [2.05, 4.69) is 15.3 Å². The molecule has 6 nitrogen and oxygen atoms in total. The minimum absolute atomic E-state index is 0.0613. The van der Waals surface area contributed by atoms with Crippen LogP contribution in [0.4, 0.5) is 0 Å². The first-order valence-corrected chi connectivity index (χ1v) is 6.73. The largest absolute Gasteiger partial charge is 0.504 e. The van der Waals surface area contributed by atoms with Crippen LogP contribution in [0.3, 0.4) is 0 Å². The Kier molecular flexibility index (Phi) is 4.52. The fraction of sp³-hybridized carbons (Fsp3) is 0.308. The van der Waals surface area contributed by atoms with Gasteiger partial charge in [0.05, 0.1) is 12.8 Å². The number of H-pyrrole nitrogens is 1. The summed E-state index contributed by atoms with van der Waals surface area (Å²) in [4.78, 5) is 0. The van der Waals surface area contributed by atoms with Crippen LogP contribution in [-0.2, 0) is 6.42 Å². The second-order valence-corrected chi connectivity index (χ2v) is 4.37. The SMILES string of the molecule is CCOc1cccc(/C=N\n2c(CC)n[nH]c2=S)c1O. The van der Waals surface area contributed by atoms with Crippen molar-refractivity contribution in [2.24, 2.45) is 5.10 Å². The van der Waals surface area contributed by atoms with Crippen molar-refractivity contribution < 1.29 is 9.84 Å². The summed E-state index contributed by atoms with van der Waals surface area (Å²) < 4.78 is 7.27. The molecule has 0 saturated heterocycles. The molecule has 0 unspecified atom stereocenters. The Morgan fingerprint density at radius 1 is 1.50 bits per heavy atom. The number of aromatic amines is 1. The lowest BCUT2D eigenvalue weighted by Gasteiger charge is -2.07. The Bertz CT molecular complexity index is 675. The Hall–Kier alpha value is -2.15. The molecule has 0 spiro atoms. The molecule has 0 aliphatic carbocycles. The molecule has 106 valence electrons. The van der Waals surface area contributed by atoms with Crippen LogP contribution in [-0.4, -0.2) is 32.8 Å². The lowest BCUT2D eigenvalue weighted by molar-refractivity contribution is 0.318. The second-order valence-electron chi connectivity index (χ2n) is 3.98. The molecule has 2 aromatic rings. The average molecular weight is 292 g/mol. The molecule has 1 aromatic carbocycles. The van der Waals surface area contributed by atoms with Gasteiger partial charge in [0, 0.05) is 12.0 Å². The maximum atomic E-state index is 10.1. The van der Waals surface area contributed by atoms with Gasteiger partial charge >= 0.3 is 0 Å². The maximum absolute atomic E-state index is 10.1. The molecule has 0 bridgehead atoms. The molecule has 0 aliphatic heterocycles. The summed E-state index contributed by atoms with van der Waals surface area (Å²) in [6.07, 6.45) is 2.23. The van der Waals surface area contributed by atoms with E-state index < -0.39 is 0 Å². The average Bonchev–Trinajstić information content (AvgIpc) is 2.80. The van der Waals surface area contributed by atoms with Crippen LogP contribution in [0.25, 0.3) is 0 Å². The van der Waals surface area contributed by atoms with Crippen LogP contribution >= 0.6 is 12.2 Å². The van der Waals surface area contributed by atoms with Crippen molar-refractivity contribution in [3.63, 3.8) is 0 Å². The number of phenolic OH excluding ortho intramolecular Hbond substituents is 1. The number of hydrogen-bond donors (Lipinski definition) is 2. The highest BCUT2D eigenvalue weighted by Gasteiger charge is 2.06. The van der Waals surface area contributed by atoms with Crippen LogP contribution in [0.1, 0.15) is 25.2 Å². The van der Waals surface area contributed by atoms with Crippen molar-refractivity contribution in [2.75, 3.05) is 6.61 Å². The molecule has 0 aliphatic rings. The van der Waals surface area contributed by atoms with Crippen LogP contribution < -0.4 is 4.74 Å². The number of hydrogen-bond acceptors (Lipinski definition) is 5. The standard InChI is InChI=1S/C13H16N4O2S/c1-3-11-15-16-13(20)17(11)14-8-9-6-5-7-10(12(9)18)19-4-2/h5-8,18H,3-4H2,1-2H3,(H,16,20)/b14-8-. The predicted molar refractivity (Wildman–Crippen MR) is 79.1 cm³/mol. The van der Waals surface area contributed by atoms with Crippen LogP contribution in [0.15, 0.2) is 23.3 Å². The van der Waals surface area contributed by atoms with Gasteiger partial charge in [0.1, 0.15) is 0 Å². The molecule has 0 amide bonds. The fourth-order valence-electron chi connectivity index (χ4n) is 1.71. The zero-order valence-corrected chi connectivity index (χ0v) is 12.1. The van der Waals surface area contributed by atoms with E-state index >= 15 is 0 Å². The monoisotopic (exact) mass is 292 g/mol. The van der Waals surface area contributed by atoms with Gasteiger partial charge in [-0.25, -0.2) is 0 Å². The normalized spacial score (nSPS) is 11.1. The molecule has 2 N–H and O–H groups in total. The number of benzene rings is 1. The van der Waals surface area contributed by atoms with Gasteiger partial charge in [-0.1, -0.05) is 13.0 Å². The minimum atomic E-state index is 0.0613. The lowest BCUT2D eigenvalue weighted by atomic mass is 10.2. The summed E-state index contributed by atoms with van der Waals surface area (Å²) in [6, 6.07) is 5.25. The number of ether oxygens (including phenoxy) is 1. The van der Waals surface area contributed by atoms with E-state index in [-0.39, 0.29) is 5.75 Å². The van der Waals surface area contributed by atoms with Gasteiger partial charge in [0.25, 0.3) is 0 Å². The second kappa shape index (κ2) is 6.33. The molecule has 1 aromatic heterocycles. The Labute approximate surface area is 121 Å². The third-order valence-electron chi connectivity index (χ3n) is 2.68. The molecule has 20 heavy (non-hydrogen) atoms. The van der Waals surface area contributed by atoms with Gasteiger partial charge < -0.3 is 9.84 Å². The molecule has 0 atom stereocenters. The summed E-state index contributed by atoms with van der Waals surface area (Å²) >= 11 is 5.10. The van der Waals surface area contributed by atoms with Gasteiger partial charge in [-0.15, -0.1) is 0 Å². The minimum Gasteiger partial charge on any atom is -0.504 e. The quantitative estimate of drug-likeness (QED) is 0.656. The summed E-state index contributed by atoms with van der Waals surface area (Å²) in [7, 11) is 0. The van der Waals surface area contributed by atoms with Crippen molar-refractivity contribution in [2.45, 2.75) is 20.3 Å². The summed E-state index contributed by atoms with van der Waals surface area (Å²) in [5.41, 5.74) is 0.557.